The average molecular weight is 427 g/mol. The quantitative estimate of drug-likeness (QED) is 0.330. The van der Waals surface area contributed by atoms with Gasteiger partial charge in [-0.25, -0.2) is 0 Å². The molecule has 0 aromatic rings. The summed E-state index contributed by atoms with van der Waals surface area (Å²) in [6.45, 7) is 14.1. The van der Waals surface area contributed by atoms with Crippen LogP contribution in [0.2, 0.25) is 0 Å². The fourth-order valence-electron chi connectivity index (χ4n) is 8.41. The third-order valence-corrected chi connectivity index (χ3v) is 10.3. The number of hydrogen-bond acceptors (Lipinski definition) is 2. The van der Waals surface area contributed by atoms with E-state index in [0.717, 1.165) is 36.5 Å². The first kappa shape index (κ1) is 23.1. The van der Waals surface area contributed by atoms with E-state index < -0.39 is 0 Å². The highest BCUT2D eigenvalue weighted by Gasteiger charge is 2.58. The number of carbonyl (C=O) groups excluding carboxylic acids is 1. The molecule has 0 spiro atoms. The van der Waals surface area contributed by atoms with Gasteiger partial charge in [-0.05, 0) is 112 Å². The minimum absolute atomic E-state index is 0.0201. The van der Waals surface area contributed by atoms with Crippen LogP contribution < -0.4 is 0 Å². The molecular formula is C29H46O2. The fourth-order valence-corrected chi connectivity index (χ4v) is 8.41. The summed E-state index contributed by atoms with van der Waals surface area (Å²) in [4.78, 5) is 11.8. The minimum Gasteiger partial charge on any atom is -0.462 e. The molecule has 3 fully saturated rings. The Morgan fingerprint density at radius 1 is 1.13 bits per heavy atom. The van der Waals surface area contributed by atoms with Crippen molar-refractivity contribution >= 4 is 5.97 Å². The summed E-state index contributed by atoms with van der Waals surface area (Å²) in [5.74, 6) is 3.89. The molecule has 0 amide bonds. The molecule has 4 aliphatic rings. The second kappa shape index (κ2) is 8.71. The van der Waals surface area contributed by atoms with E-state index in [-0.39, 0.29) is 12.1 Å². The maximum absolute atomic E-state index is 11.8. The van der Waals surface area contributed by atoms with E-state index in [4.69, 9.17) is 4.74 Å². The number of ether oxygens (including phenoxy) is 1. The van der Waals surface area contributed by atoms with Gasteiger partial charge >= 0.3 is 5.97 Å². The van der Waals surface area contributed by atoms with Crippen LogP contribution in [0.15, 0.2) is 23.3 Å². The number of allylic oxidation sites excluding steroid dienone is 4. The van der Waals surface area contributed by atoms with E-state index in [2.05, 4.69) is 46.8 Å². The molecule has 174 valence electrons. The smallest absolute Gasteiger partial charge is 0.305 e. The summed E-state index contributed by atoms with van der Waals surface area (Å²) in [5.41, 5.74) is 4.21. The van der Waals surface area contributed by atoms with Crippen LogP contribution in [0.25, 0.3) is 0 Å². The lowest BCUT2D eigenvalue weighted by molar-refractivity contribution is -0.154. The monoisotopic (exact) mass is 426 g/mol. The highest BCUT2D eigenvalue weighted by Crippen LogP contribution is 2.67. The molecule has 8 atom stereocenters. The second-order valence-corrected chi connectivity index (χ2v) is 12.2. The van der Waals surface area contributed by atoms with Gasteiger partial charge in [0.2, 0.25) is 0 Å². The molecule has 0 heterocycles. The Hall–Kier alpha value is -1.05. The zero-order valence-electron chi connectivity index (χ0n) is 21.0. The first-order valence-corrected chi connectivity index (χ1v) is 13.2. The first-order chi connectivity index (χ1) is 14.7. The largest absolute Gasteiger partial charge is 0.462 e. The second-order valence-electron chi connectivity index (χ2n) is 12.2. The van der Waals surface area contributed by atoms with Gasteiger partial charge in [-0.2, -0.15) is 0 Å². The standard InChI is InChI=1S/C29H46O2/c1-7-27(30)31-22-14-16-28(5)21(18-22)10-11-23-25-13-12-24(20(4)9-8-19(2)3)29(25,6)17-15-26(23)28/h8,11,20-22,24-26H,7,9-10,12-18H2,1-6H3/t20-,21-,22+,24-,25-,26+,28+,29-/m1/s1. The molecule has 0 unspecified atom stereocenters. The van der Waals surface area contributed by atoms with Crippen LogP contribution >= 0.6 is 0 Å². The van der Waals surface area contributed by atoms with Crippen LogP contribution in [0.3, 0.4) is 0 Å². The van der Waals surface area contributed by atoms with Gasteiger partial charge in [0.25, 0.3) is 0 Å². The number of esters is 1. The van der Waals surface area contributed by atoms with Gasteiger partial charge < -0.3 is 4.74 Å². The Morgan fingerprint density at radius 3 is 2.55 bits per heavy atom. The summed E-state index contributed by atoms with van der Waals surface area (Å²) in [7, 11) is 0. The van der Waals surface area contributed by atoms with Crippen molar-refractivity contribution in [2.45, 2.75) is 112 Å². The summed E-state index contributed by atoms with van der Waals surface area (Å²) in [6, 6.07) is 0. The minimum atomic E-state index is -0.0201. The van der Waals surface area contributed by atoms with E-state index in [1.807, 2.05) is 12.5 Å². The van der Waals surface area contributed by atoms with Crippen molar-refractivity contribution in [1.82, 2.24) is 0 Å². The van der Waals surface area contributed by atoms with Gasteiger partial charge in [-0.3, -0.25) is 4.79 Å². The molecule has 2 nitrogen and oxygen atoms in total. The van der Waals surface area contributed by atoms with Crippen LogP contribution in [0.5, 0.6) is 0 Å². The van der Waals surface area contributed by atoms with E-state index >= 15 is 0 Å². The van der Waals surface area contributed by atoms with Crippen molar-refractivity contribution < 1.29 is 9.53 Å². The number of fused-ring (bicyclic) bond motifs is 5. The van der Waals surface area contributed by atoms with Crippen molar-refractivity contribution in [3.05, 3.63) is 23.3 Å². The molecular weight excluding hydrogens is 380 g/mol. The number of rotatable bonds is 5. The van der Waals surface area contributed by atoms with Crippen LogP contribution in [-0.2, 0) is 9.53 Å². The highest BCUT2D eigenvalue weighted by molar-refractivity contribution is 5.69. The Balaban J connectivity index is 1.51. The Labute approximate surface area is 191 Å². The SMILES string of the molecule is CCC(=O)O[C@H]1CC[C@@]2(C)[C@H](CC=C3[C@H]4CC[C@H]([C@H](C)CC=C(C)C)[C@@]4(C)CC[C@@H]32)C1. The van der Waals surface area contributed by atoms with Crippen molar-refractivity contribution in [2.75, 3.05) is 0 Å². The van der Waals surface area contributed by atoms with Crippen molar-refractivity contribution in [2.24, 2.45) is 40.4 Å². The predicted molar refractivity (Wildman–Crippen MR) is 129 cm³/mol. The maximum atomic E-state index is 11.8. The normalized spacial score (nSPS) is 42.5. The van der Waals surface area contributed by atoms with Crippen LogP contribution in [0.4, 0.5) is 0 Å². The summed E-state index contributed by atoms with van der Waals surface area (Å²) in [5, 5.41) is 0. The van der Waals surface area contributed by atoms with E-state index in [9.17, 15) is 4.79 Å². The van der Waals surface area contributed by atoms with E-state index in [0.29, 0.717) is 23.2 Å². The lowest BCUT2D eigenvalue weighted by Gasteiger charge is -2.58. The molecule has 0 aromatic carbocycles. The van der Waals surface area contributed by atoms with Crippen molar-refractivity contribution in [1.29, 1.82) is 0 Å². The van der Waals surface area contributed by atoms with Crippen LogP contribution in [0.1, 0.15) is 106 Å². The number of hydrogen-bond donors (Lipinski definition) is 0. The van der Waals surface area contributed by atoms with Gasteiger partial charge in [-0.1, -0.05) is 51.0 Å². The molecule has 0 aromatic heterocycles. The molecule has 2 heteroatoms. The summed E-state index contributed by atoms with van der Waals surface area (Å²) in [6.07, 6.45) is 17.2. The average Bonchev–Trinajstić information content (AvgIpc) is 3.09. The van der Waals surface area contributed by atoms with Gasteiger partial charge in [0, 0.05) is 6.42 Å². The van der Waals surface area contributed by atoms with E-state index in [1.54, 1.807) is 0 Å². The zero-order chi connectivity index (χ0) is 22.4. The molecule has 0 bridgehead atoms. The molecule has 0 saturated heterocycles. The van der Waals surface area contributed by atoms with Gasteiger partial charge in [0.15, 0.2) is 0 Å². The van der Waals surface area contributed by atoms with E-state index in [1.165, 1.54) is 50.5 Å². The Kier molecular flexibility index (Phi) is 6.50. The number of carbonyl (C=O) groups is 1. The molecule has 0 aliphatic heterocycles. The summed E-state index contributed by atoms with van der Waals surface area (Å²) >= 11 is 0. The van der Waals surface area contributed by atoms with Crippen LogP contribution in [0, 0.1) is 40.4 Å². The molecule has 3 saturated carbocycles. The zero-order valence-corrected chi connectivity index (χ0v) is 21.0. The molecule has 0 radical (unpaired) electrons. The lowest BCUT2D eigenvalue weighted by Crippen LogP contribution is -2.50. The van der Waals surface area contributed by atoms with Gasteiger partial charge in [-0.15, -0.1) is 0 Å². The van der Waals surface area contributed by atoms with Gasteiger partial charge in [0.05, 0.1) is 0 Å². The fraction of sp³-hybridized carbons (Fsp3) is 0.828. The molecule has 4 aliphatic carbocycles. The topological polar surface area (TPSA) is 26.3 Å². The highest BCUT2D eigenvalue weighted by atomic mass is 16.5. The molecule has 31 heavy (non-hydrogen) atoms. The maximum Gasteiger partial charge on any atom is 0.305 e. The van der Waals surface area contributed by atoms with Crippen LogP contribution in [-0.4, -0.2) is 12.1 Å². The Morgan fingerprint density at radius 2 is 1.84 bits per heavy atom. The summed E-state index contributed by atoms with van der Waals surface area (Å²) < 4.78 is 5.77. The van der Waals surface area contributed by atoms with Crippen molar-refractivity contribution in [3.8, 4) is 0 Å². The Bertz CT molecular complexity index is 744. The van der Waals surface area contributed by atoms with Gasteiger partial charge in [0.1, 0.15) is 6.10 Å². The first-order valence-electron chi connectivity index (χ1n) is 13.2. The molecule has 0 N–H and O–H groups in total. The lowest BCUT2D eigenvalue weighted by atomic mass is 9.47. The third kappa shape index (κ3) is 4.06. The third-order valence-electron chi connectivity index (χ3n) is 10.3. The molecule has 4 rings (SSSR count). The predicted octanol–water partition coefficient (Wildman–Crippen LogP) is 7.88. The van der Waals surface area contributed by atoms with Crippen molar-refractivity contribution in [3.63, 3.8) is 0 Å².